The van der Waals surface area contributed by atoms with Crippen LogP contribution < -0.4 is 5.73 Å². The molecule has 1 heterocycles. The number of nitrogens with zero attached hydrogens (tertiary/aromatic N) is 1. The van der Waals surface area contributed by atoms with Crippen LogP contribution in [0, 0.1) is 5.92 Å². The molecule has 1 aliphatic heterocycles. The molecule has 2 N–H and O–H groups in total. The van der Waals surface area contributed by atoms with Gasteiger partial charge in [-0.15, -0.1) is 0 Å². The molecule has 1 aromatic rings. The fourth-order valence-electron chi connectivity index (χ4n) is 2.53. The molecule has 0 bridgehead atoms. The molecule has 1 aromatic carbocycles. The Labute approximate surface area is 131 Å². The number of halogens is 1. The quantitative estimate of drug-likeness (QED) is 0.930. The average Bonchev–Trinajstić information content (AvgIpc) is 2.48. The first kappa shape index (κ1) is 16.3. The molecule has 2 rings (SSSR count). The lowest BCUT2D eigenvalue weighted by atomic mass is 10.0. The second-order valence-electron chi connectivity index (χ2n) is 5.78. The third-order valence-electron chi connectivity index (χ3n) is 3.93. The van der Waals surface area contributed by atoms with E-state index in [4.69, 9.17) is 22.1 Å². The normalized spacial score (nSPS) is 23.9. The summed E-state index contributed by atoms with van der Waals surface area (Å²) in [4.78, 5) is 14.3. The van der Waals surface area contributed by atoms with Crippen molar-refractivity contribution in [2.45, 2.75) is 32.4 Å². The molecule has 0 saturated carbocycles. The molecule has 4 nitrogen and oxygen atoms in total. The van der Waals surface area contributed by atoms with Gasteiger partial charge < -0.3 is 15.4 Å². The van der Waals surface area contributed by atoms with E-state index in [1.165, 1.54) is 0 Å². The fourth-order valence-corrected chi connectivity index (χ4v) is 2.78. The lowest BCUT2D eigenvalue weighted by Crippen LogP contribution is -2.48. The summed E-state index contributed by atoms with van der Waals surface area (Å²) in [7, 11) is 0. The van der Waals surface area contributed by atoms with Gasteiger partial charge >= 0.3 is 0 Å². The van der Waals surface area contributed by atoms with Gasteiger partial charge in [-0.1, -0.05) is 36.7 Å². The smallest absolute Gasteiger partial charge is 0.223 e. The molecular formula is C16H23ClN2O2. The highest BCUT2D eigenvalue weighted by Crippen LogP contribution is 2.30. The first-order valence-electron chi connectivity index (χ1n) is 7.38. The predicted molar refractivity (Wildman–Crippen MR) is 84.2 cm³/mol. The largest absolute Gasteiger partial charge is 0.369 e. The van der Waals surface area contributed by atoms with Gasteiger partial charge in [0.2, 0.25) is 5.91 Å². The van der Waals surface area contributed by atoms with Gasteiger partial charge in [0, 0.05) is 17.0 Å². The zero-order valence-electron chi connectivity index (χ0n) is 12.6. The first-order chi connectivity index (χ1) is 10.0. The summed E-state index contributed by atoms with van der Waals surface area (Å²) < 4.78 is 5.87. The third-order valence-corrected chi connectivity index (χ3v) is 4.28. The lowest BCUT2D eigenvalue weighted by Gasteiger charge is -2.39. The van der Waals surface area contributed by atoms with Crippen LogP contribution in [0.2, 0.25) is 5.02 Å². The number of nitrogens with two attached hydrogens (primary N) is 1. The Kier molecular flexibility index (Phi) is 5.62. The molecule has 1 amide bonds. The van der Waals surface area contributed by atoms with Gasteiger partial charge in [-0.25, -0.2) is 0 Å². The summed E-state index contributed by atoms with van der Waals surface area (Å²) in [6.07, 6.45) is 0.322. The summed E-state index contributed by atoms with van der Waals surface area (Å²) in [5.41, 5.74) is 6.55. The highest BCUT2D eigenvalue weighted by atomic mass is 35.5. The third kappa shape index (κ3) is 3.96. The van der Waals surface area contributed by atoms with E-state index in [1.54, 1.807) is 0 Å². The van der Waals surface area contributed by atoms with Crippen LogP contribution in [0.5, 0.6) is 0 Å². The van der Waals surface area contributed by atoms with E-state index < -0.39 is 0 Å². The van der Waals surface area contributed by atoms with Crippen LogP contribution in [0.3, 0.4) is 0 Å². The minimum Gasteiger partial charge on any atom is -0.369 e. The van der Waals surface area contributed by atoms with Gasteiger partial charge in [0.25, 0.3) is 0 Å². The number of morpholine rings is 1. The molecule has 5 heteroatoms. The lowest BCUT2D eigenvalue weighted by molar-refractivity contribution is -0.145. The Morgan fingerprint density at radius 1 is 1.52 bits per heavy atom. The molecule has 0 aliphatic carbocycles. The SMILES string of the molecule is C[C@H](CN)CC(=O)N1C[C@@H](c2ccccc2Cl)OC[C@H]1C. The number of hydrogen-bond acceptors (Lipinski definition) is 3. The van der Waals surface area contributed by atoms with Crippen LogP contribution in [0.1, 0.15) is 31.9 Å². The van der Waals surface area contributed by atoms with E-state index >= 15 is 0 Å². The van der Waals surface area contributed by atoms with Crippen molar-refractivity contribution in [2.24, 2.45) is 11.7 Å². The maximum atomic E-state index is 12.4. The van der Waals surface area contributed by atoms with Crippen LogP contribution in [-0.4, -0.2) is 36.5 Å². The maximum Gasteiger partial charge on any atom is 0.223 e. The number of amides is 1. The molecule has 21 heavy (non-hydrogen) atoms. The molecule has 0 radical (unpaired) electrons. The van der Waals surface area contributed by atoms with E-state index in [9.17, 15) is 4.79 Å². The Balaban J connectivity index is 2.09. The van der Waals surface area contributed by atoms with E-state index in [0.717, 1.165) is 5.56 Å². The first-order valence-corrected chi connectivity index (χ1v) is 7.76. The number of ether oxygens (including phenoxy) is 1. The molecule has 0 aromatic heterocycles. The second kappa shape index (κ2) is 7.25. The van der Waals surface area contributed by atoms with Gasteiger partial charge in [-0.3, -0.25) is 4.79 Å². The average molecular weight is 311 g/mol. The van der Waals surface area contributed by atoms with Gasteiger partial charge in [-0.05, 0) is 25.5 Å². The molecule has 1 saturated heterocycles. The molecular weight excluding hydrogens is 288 g/mol. The number of rotatable bonds is 4. The monoisotopic (exact) mass is 310 g/mol. The maximum absolute atomic E-state index is 12.4. The van der Waals surface area contributed by atoms with E-state index in [2.05, 4.69) is 0 Å². The van der Waals surface area contributed by atoms with Crippen molar-refractivity contribution < 1.29 is 9.53 Å². The van der Waals surface area contributed by atoms with Crippen molar-refractivity contribution in [3.05, 3.63) is 34.9 Å². The molecule has 3 atom stereocenters. The van der Waals surface area contributed by atoms with Crippen LogP contribution in [0.15, 0.2) is 24.3 Å². The minimum absolute atomic E-state index is 0.0845. The van der Waals surface area contributed by atoms with Crippen molar-refractivity contribution in [1.82, 2.24) is 4.90 Å². The standard InChI is InChI=1S/C16H23ClN2O2/c1-11(8-18)7-16(20)19-9-15(21-10-12(19)2)13-5-3-4-6-14(13)17/h3-6,11-12,15H,7-10,18H2,1-2H3/t11-,12+,15-/m0/s1. The summed E-state index contributed by atoms with van der Waals surface area (Å²) in [5, 5.41) is 0.680. The van der Waals surface area contributed by atoms with Crippen LogP contribution >= 0.6 is 11.6 Å². The predicted octanol–water partition coefficient (Wildman–Crippen LogP) is 2.61. The van der Waals surface area contributed by atoms with Gasteiger partial charge in [0.05, 0.1) is 19.2 Å². The number of carbonyl (C=O) groups is 1. The van der Waals surface area contributed by atoms with Gasteiger partial charge in [0.1, 0.15) is 6.10 Å². The highest BCUT2D eigenvalue weighted by molar-refractivity contribution is 6.31. The van der Waals surface area contributed by atoms with Crippen LogP contribution in [0.25, 0.3) is 0 Å². The number of hydrogen-bond donors (Lipinski definition) is 1. The second-order valence-corrected chi connectivity index (χ2v) is 6.19. The van der Waals surface area contributed by atoms with Crippen LogP contribution in [0.4, 0.5) is 0 Å². The summed E-state index contributed by atoms with van der Waals surface area (Å²) in [6, 6.07) is 7.71. The Morgan fingerprint density at radius 3 is 2.90 bits per heavy atom. The van der Waals surface area contributed by atoms with Crippen molar-refractivity contribution >= 4 is 17.5 Å². The molecule has 116 valence electrons. The van der Waals surface area contributed by atoms with E-state index in [0.29, 0.717) is 31.1 Å². The van der Waals surface area contributed by atoms with Crippen molar-refractivity contribution in [3.63, 3.8) is 0 Å². The Morgan fingerprint density at radius 2 is 2.24 bits per heavy atom. The number of carbonyl (C=O) groups excluding carboxylic acids is 1. The summed E-state index contributed by atoms with van der Waals surface area (Å²) in [6.45, 7) is 5.60. The zero-order valence-corrected chi connectivity index (χ0v) is 13.3. The molecule has 0 unspecified atom stereocenters. The Bertz CT molecular complexity index is 495. The number of benzene rings is 1. The van der Waals surface area contributed by atoms with E-state index in [1.807, 2.05) is 43.0 Å². The van der Waals surface area contributed by atoms with E-state index in [-0.39, 0.29) is 24.0 Å². The zero-order chi connectivity index (χ0) is 15.4. The van der Waals surface area contributed by atoms with Gasteiger partial charge in [-0.2, -0.15) is 0 Å². The van der Waals surface area contributed by atoms with Crippen molar-refractivity contribution in [2.75, 3.05) is 19.7 Å². The molecule has 1 fully saturated rings. The van der Waals surface area contributed by atoms with Crippen molar-refractivity contribution in [1.29, 1.82) is 0 Å². The molecule has 0 spiro atoms. The minimum atomic E-state index is -0.160. The van der Waals surface area contributed by atoms with Crippen molar-refractivity contribution in [3.8, 4) is 0 Å². The van der Waals surface area contributed by atoms with Crippen LogP contribution in [-0.2, 0) is 9.53 Å². The molecule has 1 aliphatic rings. The summed E-state index contributed by atoms with van der Waals surface area (Å²) in [5.74, 6) is 0.340. The van der Waals surface area contributed by atoms with Gasteiger partial charge in [0.15, 0.2) is 0 Å². The fraction of sp³-hybridized carbons (Fsp3) is 0.562. The Hall–Kier alpha value is -1.10. The topological polar surface area (TPSA) is 55.6 Å². The highest BCUT2D eigenvalue weighted by Gasteiger charge is 2.31. The summed E-state index contributed by atoms with van der Waals surface area (Å²) >= 11 is 6.23.